The fraction of sp³-hybridized carbons (Fsp3) is 0.333. The van der Waals surface area contributed by atoms with Gasteiger partial charge in [0.1, 0.15) is 5.75 Å². The SMILES string of the molecule is CCCCCC(=O)Nc1ccc(NC(=O)c2cccs2)c(OC)c1. The van der Waals surface area contributed by atoms with Gasteiger partial charge in [0.15, 0.2) is 0 Å². The normalized spacial score (nSPS) is 10.2. The molecule has 0 unspecified atom stereocenters. The average Bonchev–Trinajstić information content (AvgIpc) is 3.11. The molecule has 0 aliphatic carbocycles. The van der Waals surface area contributed by atoms with E-state index in [2.05, 4.69) is 17.6 Å². The molecule has 0 fully saturated rings. The van der Waals surface area contributed by atoms with Gasteiger partial charge >= 0.3 is 0 Å². The van der Waals surface area contributed by atoms with Crippen molar-refractivity contribution in [2.45, 2.75) is 32.6 Å². The summed E-state index contributed by atoms with van der Waals surface area (Å²) in [4.78, 5) is 24.6. The zero-order valence-electron chi connectivity index (χ0n) is 13.9. The van der Waals surface area contributed by atoms with Crippen LogP contribution < -0.4 is 15.4 Å². The molecule has 1 aromatic heterocycles. The third-order valence-corrected chi connectivity index (χ3v) is 4.35. The van der Waals surface area contributed by atoms with Crippen LogP contribution in [-0.4, -0.2) is 18.9 Å². The summed E-state index contributed by atoms with van der Waals surface area (Å²) in [6.45, 7) is 2.10. The second-order valence-corrected chi connectivity index (χ2v) is 6.30. The minimum atomic E-state index is -0.181. The highest BCUT2D eigenvalue weighted by molar-refractivity contribution is 7.12. The van der Waals surface area contributed by atoms with Crippen LogP contribution in [0.15, 0.2) is 35.7 Å². The van der Waals surface area contributed by atoms with Crippen LogP contribution in [-0.2, 0) is 4.79 Å². The molecule has 2 aromatic rings. The van der Waals surface area contributed by atoms with Crippen molar-refractivity contribution in [3.63, 3.8) is 0 Å². The van der Waals surface area contributed by atoms with Crippen molar-refractivity contribution in [1.82, 2.24) is 0 Å². The zero-order valence-corrected chi connectivity index (χ0v) is 14.7. The molecule has 0 saturated heterocycles. The van der Waals surface area contributed by atoms with Gasteiger partial charge in [-0.1, -0.05) is 25.8 Å². The van der Waals surface area contributed by atoms with Crippen molar-refractivity contribution >= 4 is 34.5 Å². The number of hydrogen-bond acceptors (Lipinski definition) is 4. The zero-order chi connectivity index (χ0) is 17.4. The Morgan fingerprint density at radius 2 is 2.00 bits per heavy atom. The van der Waals surface area contributed by atoms with Crippen LogP contribution in [0.3, 0.4) is 0 Å². The van der Waals surface area contributed by atoms with E-state index in [4.69, 9.17) is 4.74 Å². The number of ether oxygens (including phenoxy) is 1. The van der Waals surface area contributed by atoms with Crippen LogP contribution in [0, 0.1) is 0 Å². The number of hydrogen-bond donors (Lipinski definition) is 2. The van der Waals surface area contributed by atoms with Gasteiger partial charge in [-0.05, 0) is 30.0 Å². The first kappa shape index (κ1) is 18.0. The summed E-state index contributed by atoms with van der Waals surface area (Å²) in [5.41, 5.74) is 1.22. The van der Waals surface area contributed by atoms with E-state index < -0.39 is 0 Å². The molecule has 5 nitrogen and oxygen atoms in total. The molecule has 0 atom stereocenters. The first-order valence-corrected chi connectivity index (χ1v) is 8.84. The number of carbonyl (C=O) groups excluding carboxylic acids is 2. The summed E-state index contributed by atoms with van der Waals surface area (Å²) in [5.74, 6) is 0.312. The minimum Gasteiger partial charge on any atom is -0.494 e. The molecule has 0 saturated carbocycles. The topological polar surface area (TPSA) is 67.4 Å². The van der Waals surface area contributed by atoms with Crippen LogP contribution in [0.1, 0.15) is 42.3 Å². The lowest BCUT2D eigenvalue weighted by Gasteiger charge is -2.12. The minimum absolute atomic E-state index is 0.0131. The van der Waals surface area contributed by atoms with Crippen molar-refractivity contribution in [3.8, 4) is 5.75 Å². The lowest BCUT2D eigenvalue weighted by molar-refractivity contribution is -0.116. The Hall–Kier alpha value is -2.34. The molecule has 0 aliphatic heterocycles. The van der Waals surface area contributed by atoms with E-state index in [0.29, 0.717) is 28.4 Å². The van der Waals surface area contributed by atoms with Gasteiger partial charge in [-0.2, -0.15) is 0 Å². The van der Waals surface area contributed by atoms with Gasteiger partial charge in [0.2, 0.25) is 5.91 Å². The number of anilines is 2. The number of unbranched alkanes of at least 4 members (excludes halogenated alkanes) is 2. The van der Waals surface area contributed by atoms with E-state index in [1.54, 1.807) is 24.3 Å². The number of benzene rings is 1. The molecular weight excluding hydrogens is 324 g/mol. The van der Waals surface area contributed by atoms with Crippen LogP contribution in [0.5, 0.6) is 5.75 Å². The molecule has 1 heterocycles. The standard InChI is InChI=1S/C18H22N2O3S/c1-3-4-5-8-17(21)19-13-9-10-14(15(12-13)23-2)20-18(22)16-7-6-11-24-16/h6-7,9-12H,3-5,8H2,1-2H3,(H,19,21)(H,20,22). The lowest BCUT2D eigenvalue weighted by Crippen LogP contribution is -2.13. The predicted molar refractivity (Wildman–Crippen MR) is 98.0 cm³/mol. The van der Waals surface area contributed by atoms with E-state index >= 15 is 0 Å². The van der Waals surface area contributed by atoms with Crippen LogP contribution in [0.25, 0.3) is 0 Å². The van der Waals surface area contributed by atoms with Gasteiger partial charge in [0.05, 0.1) is 17.7 Å². The predicted octanol–water partition coefficient (Wildman–Crippen LogP) is 4.53. The van der Waals surface area contributed by atoms with Crippen molar-refractivity contribution in [2.75, 3.05) is 17.7 Å². The van der Waals surface area contributed by atoms with Crippen LogP contribution in [0.2, 0.25) is 0 Å². The van der Waals surface area contributed by atoms with Crippen molar-refractivity contribution < 1.29 is 14.3 Å². The molecule has 0 radical (unpaired) electrons. The molecule has 0 bridgehead atoms. The van der Waals surface area contributed by atoms with Crippen molar-refractivity contribution in [2.24, 2.45) is 0 Å². The van der Waals surface area contributed by atoms with Gasteiger partial charge in [0.25, 0.3) is 5.91 Å². The molecule has 6 heteroatoms. The smallest absolute Gasteiger partial charge is 0.265 e. The molecule has 0 aliphatic rings. The third-order valence-electron chi connectivity index (χ3n) is 3.49. The number of carbonyl (C=O) groups is 2. The number of amides is 2. The molecule has 24 heavy (non-hydrogen) atoms. The van der Waals surface area contributed by atoms with E-state index in [0.717, 1.165) is 19.3 Å². The number of rotatable bonds is 8. The first-order valence-electron chi connectivity index (χ1n) is 7.96. The Bertz CT molecular complexity index is 684. The molecule has 128 valence electrons. The third kappa shape index (κ3) is 5.09. The lowest BCUT2D eigenvalue weighted by atomic mass is 10.2. The van der Waals surface area contributed by atoms with Gasteiger partial charge in [0, 0.05) is 18.2 Å². The fourth-order valence-corrected chi connectivity index (χ4v) is 2.84. The maximum absolute atomic E-state index is 12.1. The van der Waals surface area contributed by atoms with E-state index in [1.807, 2.05) is 11.4 Å². The Kier molecular flexibility index (Phi) is 6.81. The van der Waals surface area contributed by atoms with Gasteiger partial charge in [-0.3, -0.25) is 9.59 Å². The Labute approximate surface area is 146 Å². The number of methoxy groups -OCH3 is 1. The molecule has 2 N–H and O–H groups in total. The van der Waals surface area contributed by atoms with Gasteiger partial charge < -0.3 is 15.4 Å². The van der Waals surface area contributed by atoms with Crippen molar-refractivity contribution in [1.29, 1.82) is 0 Å². The quantitative estimate of drug-likeness (QED) is 0.690. The summed E-state index contributed by atoms with van der Waals surface area (Å²) >= 11 is 1.37. The maximum atomic E-state index is 12.1. The first-order chi connectivity index (χ1) is 11.6. The largest absolute Gasteiger partial charge is 0.494 e. The van der Waals surface area contributed by atoms with Gasteiger partial charge in [-0.25, -0.2) is 0 Å². The summed E-state index contributed by atoms with van der Waals surface area (Å²) in [7, 11) is 1.53. The molecular formula is C18H22N2O3S. The van der Waals surface area contributed by atoms with E-state index in [1.165, 1.54) is 18.4 Å². The summed E-state index contributed by atoms with van der Waals surface area (Å²) in [5, 5.41) is 7.52. The van der Waals surface area contributed by atoms with Crippen LogP contribution >= 0.6 is 11.3 Å². The van der Waals surface area contributed by atoms with E-state index in [9.17, 15) is 9.59 Å². The van der Waals surface area contributed by atoms with Gasteiger partial charge in [-0.15, -0.1) is 11.3 Å². The monoisotopic (exact) mass is 346 g/mol. The second-order valence-electron chi connectivity index (χ2n) is 5.35. The summed E-state index contributed by atoms with van der Waals surface area (Å²) < 4.78 is 5.32. The fourth-order valence-electron chi connectivity index (χ4n) is 2.22. The highest BCUT2D eigenvalue weighted by Gasteiger charge is 2.12. The molecule has 2 rings (SSSR count). The Morgan fingerprint density at radius 3 is 2.67 bits per heavy atom. The second kappa shape index (κ2) is 9.08. The average molecular weight is 346 g/mol. The Morgan fingerprint density at radius 1 is 1.17 bits per heavy atom. The molecule has 0 spiro atoms. The highest BCUT2D eigenvalue weighted by atomic mass is 32.1. The molecule has 2 amide bonds. The summed E-state index contributed by atoms with van der Waals surface area (Å²) in [6.07, 6.45) is 3.52. The number of thiophene rings is 1. The summed E-state index contributed by atoms with van der Waals surface area (Å²) in [6, 6.07) is 8.78. The van der Waals surface area contributed by atoms with Crippen molar-refractivity contribution in [3.05, 3.63) is 40.6 Å². The number of nitrogens with one attached hydrogen (secondary N) is 2. The molecule has 1 aromatic carbocycles. The van der Waals surface area contributed by atoms with E-state index in [-0.39, 0.29) is 11.8 Å². The maximum Gasteiger partial charge on any atom is 0.265 e. The highest BCUT2D eigenvalue weighted by Crippen LogP contribution is 2.29. The van der Waals surface area contributed by atoms with Crippen LogP contribution in [0.4, 0.5) is 11.4 Å². The Balaban J connectivity index is 2.02.